The standard InChI is InChI=1S/C21H20Cl2N4O2S/c22-15-9-10-18(19(23)12-15)20-24-25-21(26(20)16-6-2-1-3-7-16)30-13-14-5-4-8-17(11-14)27(28)29/h4-5,8-12,16H,1-3,6-7,13H2. The summed E-state index contributed by atoms with van der Waals surface area (Å²) >= 11 is 14.1. The highest BCUT2D eigenvalue weighted by molar-refractivity contribution is 7.98. The van der Waals surface area contributed by atoms with Crippen molar-refractivity contribution in [2.75, 3.05) is 0 Å². The molecule has 30 heavy (non-hydrogen) atoms. The maximum atomic E-state index is 11.1. The number of nitro benzene ring substituents is 1. The van der Waals surface area contributed by atoms with E-state index in [1.165, 1.54) is 37.1 Å². The molecule has 0 radical (unpaired) electrons. The molecule has 0 spiro atoms. The fourth-order valence-corrected chi connectivity index (χ4v) is 5.25. The number of nitrogens with zero attached hydrogens (tertiary/aromatic N) is 4. The normalized spacial score (nSPS) is 14.7. The average molecular weight is 463 g/mol. The molecule has 9 heteroatoms. The Bertz CT molecular complexity index is 1070. The summed E-state index contributed by atoms with van der Waals surface area (Å²) < 4.78 is 2.19. The molecular weight excluding hydrogens is 443 g/mol. The SMILES string of the molecule is O=[N+]([O-])c1cccc(CSc2nnc(-c3ccc(Cl)cc3Cl)n2C2CCCCC2)c1. The van der Waals surface area contributed by atoms with Crippen LogP contribution >= 0.6 is 35.0 Å². The largest absolute Gasteiger partial charge is 0.299 e. The summed E-state index contributed by atoms with van der Waals surface area (Å²) in [5, 5.41) is 21.9. The van der Waals surface area contributed by atoms with Crippen molar-refractivity contribution in [3.05, 3.63) is 68.2 Å². The third kappa shape index (κ3) is 4.63. The van der Waals surface area contributed by atoms with Gasteiger partial charge in [-0.15, -0.1) is 10.2 Å². The molecule has 0 aliphatic heterocycles. The molecule has 0 atom stereocenters. The van der Waals surface area contributed by atoms with E-state index < -0.39 is 0 Å². The molecule has 1 heterocycles. The van der Waals surface area contributed by atoms with E-state index in [0.29, 0.717) is 21.8 Å². The van der Waals surface area contributed by atoms with Crippen molar-refractivity contribution in [1.29, 1.82) is 0 Å². The van der Waals surface area contributed by atoms with Gasteiger partial charge >= 0.3 is 0 Å². The molecule has 0 amide bonds. The fourth-order valence-electron chi connectivity index (χ4n) is 3.81. The molecule has 1 fully saturated rings. The molecule has 2 aromatic carbocycles. The Kier molecular flexibility index (Phi) is 6.61. The van der Waals surface area contributed by atoms with Crippen molar-refractivity contribution in [1.82, 2.24) is 14.8 Å². The predicted octanol–water partition coefficient (Wildman–Crippen LogP) is 6.96. The smallest absolute Gasteiger partial charge is 0.269 e. The van der Waals surface area contributed by atoms with Gasteiger partial charge in [0.2, 0.25) is 0 Å². The first-order chi connectivity index (χ1) is 14.5. The van der Waals surface area contributed by atoms with Gasteiger partial charge < -0.3 is 0 Å². The van der Waals surface area contributed by atoms with Gasteiger partial charge in [0.15, 0.2) is 11.0 Å². The van der Waals surface area contributed by atoms with Gasteiger partial charge in [-0.3, -0.25) is 14.7 Å². The van der Waals surface area contributed by atoms with Gasteiger partial charge in [-0.1, -0.05) is 66.4 Å². The van der Waals surface area contributed by atoms with E-state index in [1.54, 1.807) is 24.3 Å². The zero-order valence-electron chi connectivity index (χ0n) is 16.1. The van der Waals surface area contributed by atoms with Gasteiger partial charge in [-0.25, -0.2) is 0 Å². The first-order valence-electron chi connectivity index (χ1n) is 9.79. The summed E-state index contributed by atoms with van der Waals surface area (Å²) in [4.78, 5) is 10.7. The lowest BCUT2D eigenvalue weighted by molar-refractivity contribution is -0.384. The highest BCUT2D eigenvalue weighted by Gasteiger charge is 2.25. The summed E-state index contributed by atoms with van der Waals surface area (Å²) in [6, 6.07) is 12.4. The number of rotatable bonds is 6. The zero-order chi connectivity index (χ0) is 21.1. The van der Waals surface area contributed by atoms with Gasteiger partial charge in [0.05, 0.1) is 9.95 Å². The highest BCUT2D eigenvalue weighted by Crippen LogP contribution is 2.38. The summed E-state index contributed by atoms with van der Waals surface area (Å²) in [5.41, 5.74) is 1.77. The number of aromatic nitrogens is 3. The molecule has 0 N–H and O–H groups in total. The van der Waals surface area contributed by atoms with Crippen LogP contribution in [0, 0.1) is 10.1 Å². The fraction of sp³-hybridized carbons (Fsp3) is 0.333. The Balaban J connectivity index is 1.66. The number of hydrogen-bond donors (Lipinski definition) is 0. The molecule has 0 bridgehead atoms. The topological polar surface area (TPSA) is 73.8 Å². The van der Waals surface area contributed by atoms with Gasteiger partial charge in [-0.05, 0) is 36.6 Å². The van der Waals surface area contributed by atoms with Crippen LogP contribution in [0.4, 0.5) is 5.69 Å². The second-order valence-electron chi connectivity index (χ2n) is 7.31. The number of halogens is 2. The molecule has 1 aromatic heterocycles. The Morgan fingerprint density at radius 3 is 2.63 bits per heavy atom. The van der Waals surface area contributed by atoms with Gasteiger partial charge in [0.25, 0.3) is 5.69 Å². The van der Waals surface area contributed by atoms with Crippen molar-refractivity contribution < 1.29 is 4.92 Å². The number of hydrogen-bond acceptors (Lipinski definition) is 5. The Morgan fingerprint density at radius 2 is 1.90 bits per heavy atom. The van der Waals surface area contributed by atoms with Crippen LogP contribution in [0.25, 0.3) is 11.4 Å². The van der Waals surface area contributed by atoms with Crippen LogP contribution in [0.3, 0.4) is 0 Å². The van der Waals surface area contributed by atoms with E-state index in [0.717, 1.165) is 34.9 Å². The number of non-ortho nitro benzene ring substituents is 1. The van der Waals surface area contributed by atoms with Crippen molar-refractivity contribution in [3.63, 3.8) is 0 Å². The van der Waals surface area contributed by atoms with Crippen LogP contribution in [0.5, 0.6) is 0 Å². The van der Waals surface area contributed by atoms with E-state index in [9.17, 15) is 10.1 Å². The minimum absolute atomic E-state index is 0.0930. The van der Waals surface area contributed by atoms with Crippen LogP contribution in [0.2, 0.25) is 10.0 Å². The van der Waals surface area contributed by atoms with Crippen LogP contribution in [0.1, 0.15) is 43.7 Å². The molecule has 1 aliphatic carbocycles. The van der Waals surface area contributed by atoms with Gasteiger partial charge in [-0.2, -0.15) is 0 Å². The number of thioether (sulfide) groups is 1. The lowest BCUT2D eigenvalue weighted by Crippen LogP contribution is -2.15. The highest BCUT2D eigenvalue weighted by atomic mass is 35.5. The van der Waals surface area contributed by atoms with E-state index in [4.69, 9.17) is 23.2 Å². The van der Waals surface area contributed by atoms with Crippen molar-refractivity contribution in [2.45, 2.75) is 49.1 Å². The third-order valence-corrected chi connectivity index (χ3v) is 6.83. The molecule has 3 aromatic rings. The Morgan fingerprint density at radius 1 is 1.10 bits per heavy atom. The maximum absolute atomic E-state index is 11.1. The number of nitro groups is 1. The van der Waals surface area contributed by atoms with Crippen LogP contribution in [0.15, 0.2) is 47.6 Å². The van der Waals surface area contributed by atoms with E-state index in [1.807, 2.05) is 12.1 Å². The summed E-state index contributed by atoms with van der Waals surface area (Å²) in [7, 11) is 0. The molecule has 156 valence electrons. The maximum Gasteiger partial charge on any atom is 0.269 e. The molecule has 0 unspecified atom stereocenters. The van der Waals surface area contributed by atoms with E-state index >= 15 is 0 Å². The molecule has 1 saturated carbocycles. The van der Waals surface area contributed by atoms with E-state index in [2.05, 4.69) is 14.8 Å². The van der Waals surface area contributed by atoms with Crippen molar-refractivity contribution in [3.8, 4) is 11.4 Å². The summed E-state index contributed by atoms with van der Waals surface area (Å²) in [5.74, 6) is 1.31. The van der Waals surface area contributed by atoms with Crippen LogP contribution < -0.4 is 0 Å². The Labute approximate surface area is 188 Å². The van der Waals surface area contributed by atoms with E-state index in [-0.39, 0.29) is 10.6 Å². The second kappa shape index (κ2) is 9.37. The molecule has 0 saturated heterocycles. The molecular formula is C21H20Cl2N4O2S. The van der Waals surface area contributed by atoms with Crippen molar-refractivity contribution in [2.24, 2.45) is 0 Å². The van der Waals surface area contributed by atoms with Crippen LogP contribution in [-0.2, 0) is 5.75 Å². The average Bonchev–Trinajstić information content (AvgIpc) is 3.16. The predicted molar refractivity (Wildman–Crippen MR) is 120 cm³/mol. The monoisotopic (exact) mass is 462 g/mol. The minimum Gasteiger partial charge on any atom is -0.299 e. The van der Waals surface area contributed by atoms with Gasteiger partial charge in [0, 0.05) is 34.5 Å². The number of benzene rings is 2. The quantitative estimate of drug-likeness (QED) is 0.225. The third-order valence-electron chi connectivity index (χ3n) is 5.27. The Hall–Kier alpha value is -2.09. The van der Waals surface area contributed by atoms with Crippen LogP contribution in [-0.4, -0.2) is 19.7 Å². The van der Waals surface area contributed by atoms with Crippen molar-refractivity contribution >= 4 is 40.7 Å². The summed E-state index contributed by atoms with van der Waals surface area (Å²) in [6.07, 6.45) is 5.73. The lowest BCUT2D eigenvalue weighted by atomic mass is 9.95. The molecule has 4 rings (SSSR count). The second-order valence-corrected chi connectivity index (χ2v) is 9.09. The lowest BCUT2D eigenvalue weighted by Gasteiger charge is -2.25. The first kappa shape index (κ1) is 21.2. The molecule has 1 aliphatic rings. The van der Waals surface area contributed by atoms with Gasteiger partial charge in [0.1, 0.15) is 0 Å². The first-order valence-corrected chi connectivity index (χ1v) is 11.5. The molecule has 6 nitrogen and oxygen atoms in total. The minimum atomic E-state index is -0.376. The zero-order valence-corrected chi connectivity index (χ0v) is 18.5. The summed E-state index contributed by atoms with van der Waals surface area (Å²) in [6.45, 7) is 0.